The molecule has 1 aliphatic heterocycles. The van der Waals surface area contributed by atoms with Crippen molar-refractivity contribution in [2.45, 2.75) is 6.42 Å². The number of carbonyl (C=O) groups excluding carboxylic acids is 3. The normalized spacial score (nSPS) is 15.1. The molecule has 0 unspecified atom stereocenters. The van der Waals surface area contributed by atoms with Gasteiger partial charge in [-0.2, -0.15) is 0 Å². The number of hydrogen-bond acceptors (Lipinski definition) is 4. The maximum absolute atomic E-state index is 11.1. The molecule has 1 heterocycles. The number of ether oxygens (including phenoxy) is 1. The molecule has 0 saturated carbocycles. The smallest absolute Gasteiger partial charge is 0.335 e. The van der Waals surface area contributed by atoms with Crippen LogP contribution < -0.4 is 11.2 Å². The predicted octanol–water partition coefficient (Wildman–Crippen LogP) is -1.14. The summed E-state index contributed by atoms with van der Waals surface area (Å²) in [5, 5.41) is 0.856. The molecule has 3 N–H and O–H groups in total. The van der Waals surface area contributed by atoms with Gasteiger partial charge in [0.1, 0.15) is 0 Å². The zero-order valence-electron chi connectivity index (χ0n) is 7.44. The van der Waals surface area contributed by atoms with Crippen LogP contribution in [0.5, 0.6) is 0 Å². The lowest BCUT2D eigenvalue weighted by Crippen LogP contribution is -2.43. The molecule has 7 heteroatoms. The number of nitrogens with two attached hydrogens (primary N) is 1. The van der Waals surface area contributed by atoms with Crippen LogP contribution in [0.1, 0.15) is 6.42 Å². The first-order valence-electron chi connectivity index (χ1n) is 3.71. The number of nitrogens with one attached hydrogen (secondary N) is 1. The van der Waals surface area contributed by atoms with E-state index in [1.54, 1.807) is 0 Å². The summed E-state index contributed by atoms with van der Waals surface area (Å²) in [5.41, 5.74) is 7.01. The SMILES string of the molecule is COC(=O)C1=CN(NC(N)=O)C(=O)C1. The summed E-state index contributed by atoms with van der Waals surface area (Å²) in [7, 11) is 1.21. The molecule has 0 bridgehead atoms. The van der Waals surface area contributed by atoms with E-state index in [2.05, 4.69) is 4.74 Å². The van der Waals surface area contributed by atoms with E-state index in [4.69, 9.17) is 5.73 Å². The molecule has 1 rings (SSSR count). The van der Waals surface area contributed by atoms with E-state index in [-0.39, 0.29) is 12.0 Å². The topological polar surface area (TPSA) is 102 Å². The van der Waals surface area contributed by atoms with Crippen molar-refractivity contribution in [3.8, 4) is 0 Å². The minimum atomic E-state index is -0.874. The van der Waals surface area contributed by atoms with Crippen molar-refractivity contribution in [2.24, 2.45) is 5.73 Å². The van der Waals surface area contributed by atoms with Gasteiger partial charge in [-0.25, -0.2) is 20.0 Å². The summed E-state index contributed by atoms with van der Waals surface area (Å²) < 4.78 is 4.41. The van der Waals surface area contributed by atoms with Gasteiger partial charge < -0.3 is 10.5 Å². The minimum absolute atomic E-state index is 0.104. The van der Waals surface area contributed by atoms with E-state index in [1.807, 2.05) is 5.43 Å². The van der Waals surface area contributed by atoms with Gasteiger partial charge in [-0.1, -0.05) is 0 Å². The standard InChI is InChI=1S/C7H9N3O4/c1-14-6(12)4-2-5(11)10(3-4)9-7(8)13/h3H,2H2,1H3,(H3,8,9,13). The van der Waals surface area contributed by atoms with Gasteiger partial charge in [0.15, 0.2) is 0 Å². The van der Waals surface area contributed by atoms with E-state index in [0.29, 0.717) is 0 Å². The third kappa shape index (κ3) is 2.00. The highest BCUT2D eigenvalue weighted by Crippen LogP contribution is 2.14. The highest BCUT2D eigenvalue weighted by molar-refractivity contribution is 5.99. The summed E-state index contributed by atoms with van der Waals surface area (Å²) in [6.45, 7) is 0. The lowest BCUT2D eigenvalue weighted by Gasteiger charge is -2.11. The number of carbonyl (C=O) groups is 3. The Hall–Kier alpha value is -2.05. The van der Waals surface area contributed by atoms with E-state index in [1.165, 1.54) is 13.3 Å². The number of esters is 1. The maximum atomic E-state index is 11.1. The molecule has 14 heavy (non-hydrogen) atoms. The predicted molar refractivity (Wildman–Crippen MR) is 44.3 cm³/mol. The molecule has 0 aliphatic carbocycles. The summed E-state index contributed by atoms with van der Waals surface area (Å²) in [6, 6.07) is -0.874. The van der Waals surface area contributed by atoms with E-state index in [0.717, 1.165) is 5.01 Å². The molecule has 0 spiro atoms. The second-order valence-corrected chi connectivity index (χ2v) is 2.56. The van der Waals surface area contributed by atoms with E-state index < -0.39 is 17.9 Å². The molecule has 3 amide bonds. The average molecular weight is 199 g/mol. The Morgan fingerprint density at radius 3 is 2.79 bits per heavy atom. The van der Waals surface area contributed by atoms with Gasteiger partial charge in [0.25, 0.3) is 0 Å². The summed E-state index contributed by atoms with van der Waals surface area (Å²) in [4.78, 5) is 32.5. The Balaban J connectivity index is 2.71. The fraction of sp³-hybridized carbons (Fsp3) is 0.286. The first-order chi connectivity index (χ1) is 6.54. The Bertz CT molecular complexity index is 323. The molecule has 76 valence electrons. The molecule has 0 aromatic carbocycles. The first-order valence-corrected chi connectivity index (χ1v) is 3.71. The summed E-state index contributed by atoms with van der Waals surface area (Å²) in [6.07, 6.45) is 1.08. The zero-order chi connectivity index (χ0) is 10.7. The van der Waals surface area contributed by atoms with Crippen molar-refractivity contribution in [3.05, 3.63) is 11.8 Å². The van der Waals surface area contributed by atoms with Gasteiger partial charge >= 0.3 is 12.0 Å². The molecule has 0 aromatic rings. The highest BCUT2D eigenvalue weighted by atomic mass is 16.5. The van der Waals surface area contributed by atoms with Crippen LogP contribution in [0.2, 0.25) is 0 Å². The van der Waals surface area contributed by atoms with Crippen molar-refractivity contribution < 1.29 is 19.1 Å². The lowest BCUT2D eigenvalue weighted by molar-refractivity contribution is -0.137. The second-order valence-electron chi connectivity index (χ2n) is 2.56. The third-order valence-corrected chi connectivity index (χ3v) is 1.57. The van der Waals surface area contributed by atoms with Crippen molar-refractivity contribution in [2.75, 3.05) is 7.11 Å². The van der Waals surface area contributed by atoms with Crippen LogP contribution >= 0.6 is 0 Å². The van der Waals surface area contributed by atoms with E-state index >= 15 is 0 Å². The van der Waals surface area contributed by atoms with Crippen molar-refractivity contribution >= 4 is 17.9 Å². The first kappa shape index (κ1) is 10.0. The van der Waals surface area contributed by atoms with Crippen molar-refractivity contribution in [3.63, 3.8) is 0 Å². The third-order valence-electron chi connectivity index (χ3n) is 1.57. The molecular weight excluding hydrogens is 190 g/mol. The quantitative estimate of drug-likeness (QED) is 0.548. The van der Waals surface area contributed by atoms with Crippen LogP contribution in [-0.4, -0.2) is 30.0 Å². The van der Waals surface area contributed by atoms with Crippen LogP contribution in [0, 0.1) is 0 Å². The van der Waals surface area contributed by atoms with E-state index in [9.17, 15) is 14.4 Å². The minimum Gasteiger partial charge on any atom is -0.466 e. The molecular formula is C7H9N3O4. The molecule has 0 atom stereocenters. The Kier molecular flexibility index (Phi) is 2.70. The number of primary amides is 1. The number of hydrazine groups is 1. The number of urea groups is 1. The zero-order valence-corrected chi connectivity index (χ0v) is 7.44. The number of hydrogen-bond donors (Lipinski definition) is 2. The largest absolute Gasteiger partial charge is 0.466 e. The van der Waals surface area contributed by atoms with Gasteiger partial charge in [-0.05, 0) is 0 Å². The van der Waals surface area contributed by atoms with Crippen LogP contribution in [-0.2, 0) is 14.3 Å². The fourth-order valence-electron chi connectivity index (χ4n) is 0.991. The number of rotatable bonds is 2. The van der Waals surface area contributed by atoms with Crippen LogP contribution in [0.25, 0.3) is 0 Å². The van der Waals surface area contributed by atoms with Crippen LogP contribution in [0.4, 0.5) is 4.79 Å². The molecule has 1 aliphatic rings. The molecule has 0 saturated heterocycles. The van der Waals surface area contributed by atoms with Crippen molar-refractivity contribution in [1.82, 2.24) is 10.4 Å². The van der Waals surface area contributed by atoms with Crippen LogP contribution in [0.15, 0.2) is 11.8 Å². The summed E-state index contributed by atoms with van der Waals surface area (Å²) in [5.74, 6) is -1.05. The second kappa shape index (κ2) is 3.77. The molecule has 0 fully saturated rings. The number of amides is 3. The molecule has 7 nitrogen and oxygen atoms in total. The van der Waals surface area contributed by atoms with Gasteiger partial charge in [0.05, 0.1) is 19.1 Å². The van der Waals surface area contributed by atoms with Gasteiger partial charge in [0.2, 0.25) is 5.91 Å². The van der Waals surface area contributed by atoms with Gasteiger partial charge in [0, 0.05) is 6.20 Å². The summed E-state index contributed by atoms with van der Waals surface area (Å²) >= 11 is 0. The Morgan fingerprint density at radius 1 is 1.64 bits per heavy atom. The Labute approximate surface area is 79.5 Å². The average Bonchev–Trinajstić information content (AvgIpc) is 2.46. The molecule has 0 radical (unpaired) electrons. The Morgan fingerprint density at radius 2 is 2.29 bits per heavy atom. The maximum Gasteiger partial charge on any atom is 0.335 e. The van der Waals surface area contributed by atoms with Gasteiger partial charge in [-0.3, -0.25) is 4.79 Å². The lowest BCUT2D eigenvalue weighted by atomic mass is 10.2. The van der Waals surface area contributed by atoms with Gasteiger partial charge in [-0.15, -0.1) is 0 Å². The van der Waals surface area contributed by atoms with Crippen molar-refractivity contribution in [1.29, 1.82) is 0 Å². The number of nitrogens with zero attached hydrogens (tertiary/aromatic N) is 1. The van der Waals surface area contributed by atoms with Crippen LogP contribution in [0.3, 0.4) is 0 Å². The molecule has 0 aromatic heterocycles. The monoisotopic (exact) mass is 199 g/mol. The highest BCUT2D eigenvalue weighted by Gasteiger charge is 2.27. The number of methoxy groups -OCH3 is 1. The fourth-order valence-corrected chi connectivity index (χ4v) is 0.991.